The second kappa shape index (κ2) is 14.4. The van der Waals surface area contributed by atoms with E-state index in [1.807, 2.05) is 4.90 Å². The number of pyridine rings is 1. The van der Waals surface area contributed by atoms with Crippen LogP contribution in [0.1, 0.15) is 36.8 Å². The molecule has 10 nitrogen and oxygen atoms in total. The Hall–Kier alpha value is -5.02. The number of hydrogen-bond acceptors (Lipinski definition) is 6. The molecule has 2 aliphatic rings. The molecule has 5 amide bonds. The molecule has 1 unspecified atom stereocenters. The second-order valence-electron chi connectivity index (χ2n) is 10.4. The third-order valence-corrected chi connectivity index (χ3v) is 7.32. The summed E-state index contributed by atoms with van der Waals surface area (Å²) in [5, 5.41) is 7.40. The normalized spacial score (nSPS) is 16.1. The van der Waals surface area contributed by atoms with E-state index in [0.29, 0.717) is 11.1 Å². The molecule has 3 N–H and O–H groups in total. The summed E-state index contributed by atoms with van der Waals surface area (Å²) in [5.74, 6) is 4.17. The Labute approximate surface area is 253 Å². The molecule has 0 saturated carbocycles. The number of hydrogen-bond donors (Lipinski definition) is 3. The summed E-state index contributed by atoms with van der Waals surface area (Å²) < 4.78 is 33.7. The van der Waals surface area contributed by atoms with Crippen molar-refractivity contribution in [2.45, 2.75) is 38.3 Å². The van der Waals surface area contributed by atoms with Gasteiger partial charge in [-0.1, -0.05) is 24.0 Å². The van der Waals surface area contributed by atoms with E-state index >= 15 is 0 Å². The van der Waals surface area contributed by atoms with E-state index in [1.165, 1.54) is 48.8 Å². The van der Waals surface area contributed by atoms with Gasteiger partial charge in [0.05, 0.1) is 24.7 Å². The molecule has 0 spiro atoms. The largest absolute Gasteiger partial charge is 0.453 e. The Kier molecular flexibility index (Phi) is 9.99. The van der Waals surface area contributed by atoms with Crippen LogP contribution >= 0.6 is 0 Å². The van der Waals surface area contributed by atoms with Crippen LogP contribution in [0.3, 0.4) is 0 Å². The number of carbonyl (C=O) groups excluding carboxylic acids is 3. The average molecular weight is 603 g/mol. The van der Waals surface area contributed by atoms with Crippen LogP contribution in [-0.2, 0) is 11.2 Å². The van der Waals surface area contributed by atoms with E-state index in [-0.39, 0.29) is 42.3 Å². The molecule has 2 fully saturated rings. The predicted molar refractivity (Wildman–Crippen MR) is 159 cm³/mol. The van der Waals surface area contributed by atoms with E-state index in [4.69, 9.17) is 4.74 Å². The highest BCUT2D eigenvalue weighted by Crippen LogP contribution is 2.28. The smallest absolute Gasteiger partial charge is 0.325 e. The number of rotatable bonds is 7. The summed E-state index contributed by atoms with van der Waals surface area (Å²) in [5.41, 5.74) is 1.03. The van der Waals surface area contributed by atoms with Crippen LogP contribution in [0.4, 0.5) is 24.1 Å². The summed E-state index contributed by atoms with van der Waals surface area (Å²) in [7, 11) is 0. The number of ether oxygens (including phenoxy) is 1. The summed E-state index contributed by atoms with van der Waals surface area (Å²) in [6.07, 6.45) is 7.27. The lowest BCUT2D eigenvalue weighted by atomic mass is 10.1. The lowest BCUT2D eigenvalue weighted by Crippen LogP contribution is -2.49. The average Bonchev–Trinajstić information content (AvgIpc) is 3.71. The van der Waals surface area contributed by atoms with Crippen molar-refractivity contribution in [3.63, 3.8) is 0 Å². The van der Waals surface area contributed by atoms with Gasteiger partial charge in [-0.3, -0.25) is 20.0 Å². The van der Waals surface area contributed by atoms with E-state index in [2.05, 4.69) is 37.7 Å². The zero-order valence-electron chi connectivity index (χ0n) is 23.9. The molecule has 0 bridgehead atoms. The molecule has 1 atom stereocenters. The molecule has 5 rings (SSSR count). The maximum absolute atomic E-state index is 14.9. The minimum Gasteiger partial charge on any atom is -0.453 e. The topological polar surface area (TPSA) is 116 Å². The molecule has 3 aromatic rings. The van der Waals surface area contributed by atoms with E-state index in [0.717, 1.165) is 51.4 Å². The molecule has 228 valence electrons. The monoisotopic (exact) mass is 602 g/mol. The van der Waals surface area contributed by atoms with Crippen molar-refractivity contribution >= 4 is 23.7 Å². The lowest BCUT2D eigenvalue weighted by Gasteiger charge is -2.31. The van der Waals surface area contributed by atoms with Gasteiger partial charge in [0.1, 0.15) is 11.6 Å². The van der Waals surface area contributed by atoms with Crippen molar-refractivity contribution in [2.24, 2.45) is 0 Å². The van der Waals surface area contributed by atoms with Gasteiger partial charge < -0.3 is 20.3 Å². The Bertz CT molecular complexity index is 1570. The van der Waals surface area contributed by atoms with E-state index < -0.39 is 23.6 Å². The van der Waals surface area contributed by atoms with Gasteiger partial charge in [0.25, 0.3) is 0 Å². The molecule has 12 heteroatoms. The molecule has 1 aromatic heterocycles. The van der Waals surface area contributed by atoms with Crippen LogP contribution in [0, 0.1) is 23.5 Å². The lowest BCUT2D eigenvalue weighted by molar-refractivity contribution is -0.119. The highest BCUT2D eigenvalue weighted by Gasteiger charge is 2.34. The number of nitrogens with zero attached hydrogens (tertiary/aromatic N) is 3. The Morgan fingerprint density at radius 2 is 1.77 bits per heavy atom. The van der Waals surface area contributed by atoms with Crippen LogP contribution in [0.15, 0.2) is 60.9 Å². The van der Waals surface area contributed by atoms with Gasteiger partial charge in [-0.25, -0.2) is 18.4 Å². The number of urea groups is 2. The van der Waals surface area contributed by atoms with Gasteiger partial charge in [0.2, 0.25) is 5.91 Å². The fraction of sp³-hybridized carbons (Fsp3) is 0.312. The molecule has 2 saturated heterocycles. The summed E-state index contributed by atoms with van der Waals surface area (Å²) in [6.45, 7) is 2.89. The number of halogens is 2. The van der Waals surface area contributed by atoms with Crippen molar-refractivity contribution in [2.75, 3.05) is 31.5 Å². The molecule has 0 aliphatic carbocycles. The number of likely N-dealkylation sites (tertiary alicyclic amines) is 2. The number of imide groups is 1. The number of benzene rings is 2. The van der Waals surface area contributed by atoms with Gasteiger partial charge >= 0.3 is 12.1 Å². The number of carbonyl (C=O) groups is 3. The number of nitrogens with one attached hydrogen (secondary N) is 3. The molecule has 3 heterocycles. The van der Waals surface area contributed by atoms with Crippen molar-refractivity contribution in [3.05, 3.63) is 83.7 Å². The van der Waals surface area contributed by atoms with E-state index in [9.17, 15) is 23.2 Å². The first-order chi connectivity index (χ1) is 21.4. The molecule has 44 heavy (non-hydrogen) atoms. The Morgan fingerprint density at radius 3 is 2.55 bits per heavy atom. The first-order valence-corrected chi connectivity index (χ1v) is 14.4. The second-order valence-corrected chi connectivity index (χ2v) is 10.4. The minimum atomic E-state index is -0.847. The molecule has 2 aromatic carbocycles. The van der Waals surface area contributed by atoms with Gasteiger partial charge in [-0.15, -0.1) is 0 Å². The third-order valence-electron chi connectivity index (χ3n) is 7.32. The van der Waals surface area contributed by atoms with Crippen LogP contribution < -0.4 is 20.7 Å². The maximum atomic E-state index is 14.9. The minimum absolute atomic E-state index is 0.0948. The summed E-state index contributed by atoms with van der Waals surface area (Å²) in [4.78, 5) is 45.4. The Morgan fingerprint density at radius 1 is 0.977 bits per heavy atom. The van der Waals surface area contributed by atoms with Crippen molar-refractivity contribution in [1.82, 2.24) is 25.4 Å². The van der Waals surface area contributed by atoms with Crippen LogP contribution in [0.5, 0.6) is 11.5 Å². The zero-order chi connectivity index (χ0) is 30.9. The highest BCUT2D eigenvalue weighted by molar-refractivity contribution is 6.01. The quantitative estimate of drug-likeness (QED) is 0.340. The predicted octanol–water partition coefficient (Wildman–Crippen LogP) is 4.62. The number of aromatic nitrogens is 1. The molecular weight excluding hydrogens is 570 g/mol. The van der Waals surface area contributed by atoms with Gasteiger partial charge in [0.15, 0.2) is 11.6 Å². The third kappa shape index (κ3) is 8.08. The van der Waals surface area contributed by atoms with Crippen molar-refractivity contribution in [1.29, 1.82) is 0 Å². The van der Waals surface area contributed by atoms with Crippen LogP contribution in [-0.4, -0.2) is 65.1 Å². The first kappa shape index (κ1) is 30.4. The maximum Gasteiger partial charge on any atom is 0.325 e. The van der Waals surface area contributed by atoms with Gasteiger partial charge in [-0.05, 0) is 55.5 Å². The SMILES string of the molecule is O=C(Cc1ccc(F)cc1)NC(=O)Nc1ccc(Oc2ccncc2C#CCNC(=O)N2CCCC2N2CCCC2)c(F)c1. The fourth-order valence-electron chi connectivity index (χ4n) is 5.23. The van der Waals surface area contributed by atoms with Gasteiger partial charge in [-0.2, -0.15) is 0 Å². The van der Waals surface area contributed by atoms with Crippen LogP contribution in [0.2, 0.25) is 0 Å². The summed E-state index contributed by atoms with van der Waals surface area (Å²) >= 11 is 0. The first-order valence-electron chi connectivity index (χ1n) is 14.4. The van der Waals surface area contributed by atoms with Gasteiger partial charge in [0, 0.05) is 49.8 Å². The highest BCUT2D eigenvalue weighted by atomic mass is 19.1. The molecule has 0 radical (unpaired) electrons. The Balaban J connectivity index is 1.13. The van der Waals surface area contributed by atoms with Crippen molar-refractivity contribution < 1.29 is 27.9 Å². The summed E-state index contributed by atoms with van der Waals surface area (Å²) in [6, 6.07) is 9.67. The van der Waals surface area contributed by atoms with Crippen LogP contribution in [0.25, 0.3) is 0 Å². The fourth-order valence-corrected chi connectivity index (χ4v) is 5.23. The molecular formula is C32H32F2N6O4. The van der Waals surface area contributed by atoms with Crippen molar-refractivity contribution in [3.8, 4) is 23.3 Å². The molecule has 2 aliphatic heterocycles. The zero-order valence-corrected chi connectivity index (χ0v) is 23.9. The van der Waals surface area contributed by atoms with E-state index in [1.54, 1.807) is 6.07 Å². The number of amides is 5. The number of anilines is 1. The standard InChI is InChI=1S/C32H32F2N6O4/c33-24-9-7-22(8-10-24)19-29(41)38-31(42)37-25-11-12-28(26(34)20-25)44-27-13-15-35-21-23(27)5-3-14-36-32(43)40-18-4-6-30(40)39-16-1-2-17-39/h7-13,15,20-21,30H,1-2,4,6,14,16-19H2,(H,36,43)(H2,37,38,41,42).